The number of halogens is 5. The number of nitriles is 1. The molecule has 0 N–H and O–H groups in total. The molecule has 6 nitrogen and oxygen atoms in total. The van der Waals surface area contributed by atoms with E-state index in [1.807, 2.05) is 0 Å². The van der Waals surface area contributed by atoms with E-state index in [-0.39, 0.29) is 24.5 Å². The highest BCUT2D eigenvalue weighted by atomic mass is 19.4. The number of nitrogens with zero attached hydrogens (tertiary/aromatic N) is 2. The highest BCUT2D eigenvalue weighted by Crippen LogP contribution is 2.52. The lowest BCUT2D eigenvalue weighted by Crippen LogP contribution is -2.38. The zero-order chi connectivity index (χ0) is 21.0. The molecule has 1 aromatic heterocycles. The molecule has 2 heterocycles. The third-order valence-corrected chi connectivity index (χ3v) is 4.42. The minimum absolute atomic E-state index is 0.134. The highest BCUT2D eigenvalue weighted by Gasteiger charge is 2.62. The fourth-order valence-corrected chi connectivity index (χ4v) is 3.33. The molecule has 2 aliphatic rings. The number of carbonyl (C=O) groups excluding carboxylic acids is 1. The molecule has 1 spiro atoms. The molecule has 29 heavy (non-hydrogen) atoms. The van der Waals surface area contributed by atoms with Gasteiger partial charge in [0.15, 0.2) is 11.4 Å². The number of hydrogen-bond acceptors (Lipinski definition) is 6. The van der Waals surface area contributed by atoms with Gasteiger partial charge in [0.05, 0.1) is 42.2 Å². The summed E-state index contributed by atoms with van der Waals surface area (Å²) < 4.78 is 84.4. The number of fused-ring (bicyclic) bond motifs is 2. The van der Waals surface area contributed by atoms with Crippen molar-refractivity contribution >= 4 is 5.78 Å². The second kappa shape index (κ2) is 6.47. The van der Waals surface area contributed by atoms with E-state index in [1.54, 1.807) is 6.07 Å². The molecular formula is C18H9F5N2O4. The second-order valence-corrected chi connectivity index (χ2v) is 6.20. The lowest BCUT2D eigenvalue weighted by atomic mass is 10.0. The summed E-state index contributed by atoms with van der Waals surface area (Å²) in [7, 11) is 0. The van der Waals surface area contributed by atoms with Gasteiger partial charge in [-0.25, -0.2) is 13.8 Å². The molecule has 1 fully saturated rings. The van der Waals surface area contributed by atoms with Gasteiger partial charge in [-0.3, -0.25) is 4.79 Å². The minimum atomic E-state index is -5.04. The highest BCUT2D eigenvalue weighted by molar-refractivity contribution is 6.07. The van der Waals surface area contributed by atoms with Gasteiger partial charge in [-0.1, -0.05) is 0 Å². The Balaban J connectivity index is 1.91. The van der Waals surface area contributed by atoms with Crippen molar-refractivity contribution in [1.82, 2.24) is 4.98 Å². The Bertz CT molecular complexity index is 1060. The Labute approximate surface area is 159 Å². The van der Waals surface area contributed by atoms with Crippen LogP contribution in [0.3, 0.4) is 0 Å². The fraction of sp³-hybridized carbons (Fsp3) is 0.278. The molecule has 11 heteroatoms. The molecule has 0 bridgehead atoms. The van der Waals surface area contributed by atoms with Crippen molar-refractivity contribution in [2.75, 3.05) is 13.2 Å². The first kappa shape index (κ1) is 19.2. The van der Waals surface area contributed by atoms with Crippen LogP contribution in [0.4, 0.5) is 22.0 Å². The van der Waals surface area contributed by atoms with Crippen molar-refractivity contribution < 1.29 is 41.0 Å². The first-order chi connectivity index (χ1) is 13.7. The minimum Gasteiger partial charge on any atom is -0.455 e. The number of ether oxygens (including phenoxy) is 3. The molecule has 1 aliphatic carbocycles. The van der Waals surface area contributed by atoms with Crippen LogP contribution < -0.4 is 4.74 Å². The van der Waals surface area contributed by atoms with Gasteiger partial charge in [0, 0.05) is 6.07 Å². The van der Waals surface area contributed by atoms with E-state index < -0.39 is 52.3 Å². The van der Waals surface area contributed by atoms with Gasteiger partial charge in [-0.05, 0) is 12.1 Å². The van der Waals surface area contributed by atoms with E-state index in [0.717, 1.165) is 18.2 Å². The molecule has 0 saturated carbocycles. The van der Waals surface area contributed by atoms with Gasteiger partial charge < -0.3 is 14.2 Å². The molecule has 1 aromatic carbocycles. The summed E-state index contributed by atoms with van der Waals surface area (Å²) >= 11 is 0. The number of rotatable bonds is 2. The third kappa shape index (κ3) is 2.92. The molecule has 2 aromatic rings. The predicted octanol–water partition coefficient (Wildman–Crippen LogP) is 3.64. The zero-order valence-corrected chi connectivity index (χ0v) is 14.2. The monoisotopic (exact) mass is 412 g/mol. The lowest BCUT2D eigenvalue weighted by Gasteiger charge is -2.26. The molecule has 1 aliphatic heterocycles. The molecule has 4 rings (SSSR count). The number of alkyl halides is 4. The molecule has 0 radical (unpaired) electrons. The number of hydrogen-bond donors (Lipinski definition) is 0. The van der Waals surface area contributed by atoms with E-state index in [9.17, 15) is 26.7 Å². The molecule has 1 atom stereocenters. The number of aromatic nitrogens is 1. The lowest BCUT2D eigenvalue weighted by molar-refractivity contribution is -0.199. The van der Waals surface area contributed by atoms with Gasteiger partial charge in [0.1, 0.15) is 11.6 Å². The Hall–Kier alpha value is -3.10. The van der Waals surface area contributed by atoms with Crippen molar-refractivity contribution in [2.45, 2.75) is 18.1 Å². The number of carbonyl (C=O) groups is 1. The van der Waals surface area contributed by atoms with E-state index in [1.165, 1.54) is 0 Å². The standard InChI is InChI=1S/C18H9F5N2O4/c19-9-3-8(6-24)4-10(5-9)29-11-7-25-16(18(21,22)23)13-12(11)14(26)15(20)17(13)27-1-2-28-17/h3-5,7,15H,1-2H2. The van der Waals surface area contributed by atoms with Gasteiger partial charge >= 0.3 is 6.18 Å². The van der Waals surface area contributed by atoms with Gasteiger partial charge in [-0.2, -0.15) is 18.4 Å². The van der Waals surface area contributed by atoms with Crippen molar-refractivity contribution in [2.24, 2.45) is 0 Å². The van der Waals surface area contributed by atoms with Crippen LogP contribution in [0.25, 0.3) is 0 Å². The summed E-state index contributed by atoms with van der Waals surface area (Å²) in [5, 5.41) is 8.90. The van der Waals surface area contributed by atoms with Crippen molar-refractivity contribution in [3.8, 4) is 17.6 Å². The summed E-state index contributed by atoms with van der Waals surface area (Å²) in [6.07, 6.45) is -7.03. The Morgan fingerprint density at radius 2 is 1.93 bits per heavy atom. The van der Waals surface area contributed by atoms with E-state index in [4.69, 9.17) is 19.5 Å². The molecule has 1 unspecified atom stereocenters. The Morgan fingerprint density at radius 3 is 2.55 bits per heavy atom. The van der Waals surface area contributed by atoms with E-state index >= 15 is 0 Å². The van der Waals surface area contributed by atoms with Crippen LogP contribution in [0.1, 0.15) is 27.2 Å². The quantitative estimate of drug-likeness (QED) is 0.701. The van der Waals surface area contributed by atoms with Crippen LogP contribution in [0, 0.1) is 17.1 Å². The molecule has 0 amide bonds. The second-order valence-electron chi connectivity index (χ2n) is 6.20. The number of pyridine rings is 1. The van der Waals surface area contributed by atoms with Crippen LogP contribution >= 0.6 is 0 Å². The van der Waals surface area contributed by atoms with Crippen LogP contribution in [0.5, 0.6) is 11.5 Å². The van der Waals surface area contributed by atoms with Crippen LogP contribution in [-0.2, 0) is 21.4 Å². The van der Waals surface area contributed by atoms with Crippen molar-refractivity contribution in [3.63, 3.8) is 0 Å². The van der Waals surface area contributed by atoms with Gasteiger partial charge in [0.25, 0.3) is 0 Å². The average Bonchev–Trinajstić information content (AvgIpc) is 3.22. The number of benzene rings is 1. The maximum Gasteiger partial charge on any atom is 0.433 e. The van der Waals surface area contributed by atoms with Crippen LogP contribution in [0.15, 0.2) is 24.4 Å². The van der Waals surface area contributed by atoms with Crippen LogP contribution in [0.2, 0.25) is 0 Å². The largest absolute Gasteiger partial charge is 0.455 e. The summed E-state index contributed by atoms with van der Waals surface area (Å²) in [6, 6.07) is 4.52. The normalized spacial score (nSPS) is 20.0. The average molecular weight is 412 g/mol. The summed E-state index contributed by atoms with van der Waals surface area (Å²) in [5.41, 5.74) is -3.36. The zero-order valence-electron chi connectivity index (χ0n) is 14.2. The molecule has 150 valence electrons. The Morgan fingerprint density at radius 1 is 1.24 bits per heavy atom. The fourth-order valence-electron chi connectivity index (χ4n) is 3.33. The maximum atomic E-state index is 14.8. The summed E-state index contributed by atoms with van der Waals surface area (Å²) in [5.74, 6) is -5.62. The topological polar surface area (TPSA) is 81.4 Å². The predicted molar refractivity (Wildman–Crippen MR) is 83.2 cm³/mol. The first-order valence-corrected chi connectivity index (χ1v) is 8.13. The molecule has 1 saturated heterocycles. The SMILES string of the molecule is N#Cc1cc(F)cc(Oc2cnc(C(F)(F)F)c3c2C(=O)C(F)C32OCCO2)c1. The van der Waals surface area contributed by atoms with Crippen LogP contribution in [-0.4, -0.2) is 30.2 Å². The summed E-state index contributed by atoms with van der Waals surface area (Å²) in [6.45, 7) is -0.462. The Kier molecular flexibility index (Phi) is 4.29. The first-order valence-electron chi connectivity index (χ1n) is 8.13. The van der Waals surface area contributed by atoms with E-state index in [0.29, 0.717) is 6.20 Å². The van der Waals surface area contributed by atoms with Gasteiger partial charge in [0.2, 0.25) is 17.7 Å². The van der Waals surface area contributed by atoms with Gasteiger partial charge in [-0.15, -0.1) is 0 Å². The number of ketones is 1. The molecular weight excluding hydrogens is 403 g/mol. The summed E-state index contributed by atoms with van der Waals surface area (Å²) in [4.78, 5) is 15.8. The van der Waals surface area contributed by atoms with Crippen molar-refractivity contribution in [3.05, 3.63) is 52.6 Å². The third-order valence-electron chi connectivity index (χ3n) is 4.42. The van der Waals surface area contributed by atoms with Crippen molar-refractivity contribution in [1.29, 1.82) is 5.26 Å². The smallest absolute Gasteiger partial charge is 0.433 e. The number of Topliss-reactive ketones (excluding diaryl/α,β-unsaturated/α-hetero) is 1. The van der Waals surface area contributed by atoms with E-state index in [2.05, 4.69) is 4.98 Å². The maximum absolute atomic E-state index is 14.8.